The molecule has 0 spiro atoms. The number of anilines is 2. The molecule has 2 heterocycles. The lowest BCUT2D eigenvalue weighted by molar-refractivity contribution is 0.102. The molecule has 1 aliphatic rings. The van der Waals surface area contributed by atoms with E-state index in [4.69, 9.17) is 0 Å². The van der Waals surface area contributed by atoms with Crippen LogP contribution in [0, 0.1) is 6.92 Å². The topological polar surface area (TPSA) is 58.1 Å². The number of amides is 1. The Bertz CT molecular complexity index is 696. The Kier molecular flexibility index (Phi) is 4.91. The van der Waals surface area contributed by atoms with Crippen LogP contribution >= 0.6 is 15.9 Å². The lowest BCUT2D eigenvalue weighted by atomic mass is 10.1. The molecule has 1 saturated heterocycles. The van der Waals surface area contributed by atoms with E-state index in [2.05, 4.69) is 36.3 Å². The first kappa shape index (κ1) is 15.9. The SMILES string of the molecule is Cc1ccc(NC(=O)c2ccc(N3CCCCC3)nn2)c(Br)c1. The van der Waals surface area contributed by atoms with Crippen LogP contribution in [0.1, 0.15) is 35.3 Å². The van der Waals surface area contributed by atoms with E-state index in [0.29, 0.717) is 5.69 Å². The van der Waals surface area contributed by atoms with E-state index in [1.807, 2.05) is 31.2 Å². The van der Waals surface area contributed by atoms with Gasteiger partial charge in [-0.05, 0) is 71.9 Å². The number of hydrogen-bond acceptors (Lipinski definition) is 4. The fraction of sp³-hybridized carbons (Fsp3) is 0.353. The third-order valence-corrected chi connectivity index (χ3v) is 4.59. The van der Waals surface area contributed by atoms with Gasteiger partial charge in [0.2, 0.25) is 0 Å². The summed E-state index contributed by atoms with van der Waals surface area (Å²) in [6.45, 7) is 4.02. The Morgan fingerprint density at radius 1 is 1.13 bits per heavy atom. The van der Waals surface area contributed by atoms with Gasteiger partial charge in [-0.3, -0.25) is 4.79 Å². The van der Waals surface area contributed by atoms with Gasteiger partial charge < -0.3 is 10.2 Å². The van der Waals surface area contributed by atoms with E-state index in [9.17, 15) is 4.79 Å². The van der Waals surface area contributed by atoms with Crippen molar-refractivity contribution in [3.05, 3.63) is 46.1 Å². The molecule has 0 unspecified atom stereocenters. The van der Waals surface area contributed by atoms with Gasteiger partial charge in [0.1, 0.15) is 0 Å². The summed E-state index contributed by atoms with van der Waals surface area (Å²) in [5, 5.41) is 11.1. The highest BCUT2D eigenvalue weighted by Gasteiger charge is 2.15. The summed E-state index contributed by atoms with van der Waals surface area (Å²) in [6, 6.07) is 9.38. The van der Waals surface area contributed by atoms with Crippen molar-refractivity contribution in [1.29, 1.82) is 0 Å². The summed E-state index contributed by atoms with van der Waals surface area (Å²) in [5.41, 5.74) is 2.17. The van der Waals surface area contributed by atoms with E-state index in [-0.39, 0.29) is 5.91 Å². The minimum Gasteiger partial charge on any atom is -0.355 e. The number of nitrogens with one attached hydrogen (secondary N) is 1. The van der Waals surface area contributed by atoms with Crippen molar-refractivity contribution in [2.45, 2.75) is 26.2 Å². The van der Waals surface area contributed by atoms with E-state index in [0.717, 1.165) is 34.6 Å². The van der Waals surface area contributed by atoms with Gasteiger partial charge in [-0.2, -0.15) is 0 Å². The Morgan fingerprint density at radius 2 is 1.91 bits per heavy atom. The Balaban J connectivity index is 1.69. The maximum absolute atomic E-state index is 12.3. The van der Waals surface area contributed by atoms with Crippen molar-refractivity contribution in [3.63, 3.8) is 0 Å². The first-order valence-electron chi connectivity index (χ1n) is 7.80. The largest absolute Gasteiger partial charge is 0.355 e. The molecule has 5 nitrogen and oxygen atoms in total. The zero-order valence-corrected chi connectivity index (χ0v) is 14.6. The minimum atomic E-state index is -0.257. The second kappa shape index (κ2) is 7.08. The Labute approximate surface area is 144 Å². The molecule has 1 aromatic carbocycles. The number of aromatic nitrogens is 2. The summed E-state index contributed by atoms with van der Waals surface area (Å²) >= 11 is 3.45. The molecule has 2 aromatic rings. The summed E-state index contributed by atoms with van der Waals surface area (Å²) in [6.07, 6.45) is 3.65. The average molecular weight is 375 g/mol. The van der Waals surface area contributed by atoms with Crippen molar-refractivity contribution < 1.29 is 4.79 Å². The van der Waals surface area contributed by atoms with Gasteiger partial charge in [-0.25, -0.2) is 0 Å². The molecule has 1 fully saturated rings. The number of carbonyl (C=O) groups is 1. The van der Waals surface area contributed by atoms with Crippen molar-refractivity contribution in [2.75, 3.05) is 23.3 Å². The van der Waals surface area contributed by atoms with Crippen molar-refractivity contribution in [2.24, 2.45) is 0 Å². The van der Waals surface area contributed by atoms with Gasteiger partial charge in [-0.1, -0.05) is 6.07 Å². The molecule has 0 aliphatic carbocycles. The highest BCUT2D eigenvalue weighted by atomic mass is 79.9. The van der Waals surface area contributed by atoms with Crippen LogP contribution in [0.5, 0.6) is 0 Å². The van der Waals surface area contributed by atoms with Crippen LogP contribution in [-0.2, 0) is 0 Å². The van der Waals surface area contributed by atoms with Gasteiger partial charge in [0.05, 0.1) is 5.69 Å². The molecular formula is C17H19BrN4O. The third kappa shape index (κ3) is 3.88. The lowest BCUT2D eigenvalue weighted by Gasteiger charge is -2.27. The molecule has 23 heavy (non-hydrogen) atoms. The number of nitrogens with zero attached hydrogens (tertiary/aromatic N) is 3. The predicted molar refractivity (Wildman–Crippen MR) is 94.9 cm³/mol. The maximum atomic E-state index is 12.3. The second-order valence-electron chi connectivity index (χ2n) is 5.76. The first-order valence-corrected chi connectivity index (χ1v) is 8.59. The van der Waals surface area contributed by atoms with E-state index < -0.39 is 0 Å². The van der Waals surface area contributed by atoms with E-state index >= 15 is 0 Å². The Morgan fingerprint density at radius 3 is 2.57 bits per heavy atom. The van der Waals surface area contributed by atoms with Gasteiger partial charge in [-0.15, -0.1) is 10.2 Å². The minimum absolute atomic E-state index is 0.257. The molecule has 0 bridgehead atoms. The van der Waals surface area contributed by atoms with Crippen LogP contribution < -0.4 is 10.2 Å². The average Bonchev–Trinajstić information content (AvgIpc) is 2.58. The summed E-state index contributed by atoms with van der Waals surface area (Å²) in [4.78, 5) is 14.5. The predicted octanol–water partition coefficient (Wildman–Crippen LogP) is 3.79. The molecule has 0 radical (unpaired) electrons. The molecule has 1 aromatic heterocycles. The van der Waals surface area contributed by atoms with Crippen LogP contribution in [0.25, 0.3) is 0 Å². The number of piperidine rings is 1. The second-order valence-corrected chi connectivity index (χ2v) is 6.62. The van der Waals surface area contributed by atoms with Gasteiger partial charge in [0.25, 0.3) is 5.91 Å². The lowest BCUT2D eigenvalue weighted by Crippen LogP contribution is -2.30. The highest BCUT2D eigenvalue weighted by molar-refractivity contribution is 9.10. The maximum Gasteiger partial charge on any atom is 0.276 e. The van der Waals surface area contributed by atoms with Gasteiger partial charge in [0, 0.05) is 17.6 Å². The molecule has 0 atom stereocenters. The number of halogens is 1. The summed E-state index contributed by atoms with van der Waals surface area (Å²) in [7, 11) is 0. The molecule has 6 heteroatoms. The zero-order valence-electron chi connectivity index (χ0n) is 13.1. The fourth-order valence-electron chi connectivity index (χ4n) is 2.65. The smallest absolute Gasteiger partial charge is 0.276 e. The summed E-state index contributed by atoms with van der Waals surface area (Å²) in [5.74, 6) is 0.588. The van der Waals surface area contributed by atoms with Crippen LogP contribution in [0.4, 0.5) is 11.5 Å². The third-order valence-electron chi connectivity index (χ3n) is 3.94. The van der Waals surface area contributed by atoms with Crippen molar-refractivity contribution in [3.8, 4) is 0 Å². The number of hydrogen-bond donors (Lipinski definition) is 1. The van der Waals surface area contributed by atoms with E-state index in [1.54, 1.807) is 6.07 Å². The molecule has 1 amide bonds. The van der Waals surface area contributed by atoms with E-state index in [1.165, 1.54) is 19.3 Å². The van der Waals surface area contributed by atoms with Crippen LogP contribution in [0.2, 0.25) is 0 Å². The van der Waals surface area contributed by atoms with Gasteiger partial charge >= 0.3 is 0 Å². The normalized spacial score (nSPS) is 14.6. The van der Waals surface area contributed by atoms with Crippen LogP contribution in [-0.4, -0.2) is 29.2 Å². The molecular weight excluding hydrogens is 356 g/mol. The molecule has 1 N–H and O–H groups in total. The molecule has 0 saturated carbocycles. The first-order chi connectivity index (χ1) is 11.1. The number of carbonyl (C=O) groups excluding carboxylic acids is 1. The monoisotopic (exact) mass is 374 g/mol. The van der Waals surface area contributed by atoms with Crippen molar-refractivity contribution in [1.82, 2.24) is 10.2 Å². The Hall–Kier alpha value is -1.95. The number of rotatable bonds is 3. The molecule has 3 rings (SSSR count). The molecule has 120 valence electrons. The zero-order chi connectivity index (χ0) is 16.2. The quantitative estimate of drug-likeness (QED) is 0.887. The number of aryl methyl sites for hydroxylation is 1. The summed E-state index contributed by atoms with van der Waals surface area (Å²) < 4.78 is 0.851. The number of benzene rings is 1. The molecule has 1 aliphatic heterocycles. The van der Waals surface area contributed by atoms with Crippen molar-refractivity contribution >= 4 is 33.3 Å². The standard InChI is InChI=1S/C17H19BrN4O/c1-12-5-6-14(13(18)11-12)19-17(23)15-7-8-16(21-20-15)22-9-3-2-4-10-22/h5-8,11H,2-4,9-10H2,1H3,(H,19,23). The van der Waals surface area contributed by atoms with Crippen LogP contribution in [0.15, 0.2) is 34.8 Å². The fourth-order valence-corrected chi connectivity index (χ4v) is 3.24. The van der Waals surface area contributed by atoms with Crippen LogP contribution in [0.3, 0.4) is 0 Å². The van der Waals surface area contributed by atoms with Gasteiger partial charge in [0.15, 0.2) is 11.5 Å². The highest BCUT2D eigenvalue weighted by Crippen LogP contribution is 2.24.